The third-order valence-electron chi connectivity index (χ3n) is 4.29. The van der Waals surface area contributed by atoms with Gasteiger partial charge in [-0.2, -0.15) is 0 Å². The average molecular weight is 406 g/mol. The van der Waals surface area contributed by atoms with E-state index in [2.05, 4.69) is 20.3 Å². The van der Waals surface area contributed by atoms with Gasteiger partial charge < -0.3 is 9.72 Å². The molecule has 4 aromatic rings. The zero-order valence-electron chi connectivity index (χ0n) is 15.8. The molecule has 2 N–H and O–H groups in total. The molecular weight excluding hydrogens is 388 g/mol. The number of aromatic nitrogens is 3. The molecule has 2 aromatic heterocycles. The number of carbonyl (C=O) groups is 2. The van der Waals surface area contributed by atoms with Crippen LogP contribution in [0.1, 0.15) is 23.0 Å². The number of benzene rings is 2. The van der Waals surface area contributed by atoms with Crippen molar-refractivity contribution in [2.45, 2.75) is 20.0 Å². The summed E-state index contributed by atoms with van der Waals surface area (Å²) in [6.45, 7) is 3.36. The van der Waals surface area contributed by atoms with E-state index in [0.29, 0.717) is 22.1 Å². The number of carbonyl (C=O) groups excluding carboxylic acids is 2. The number of ether oxygens (including phenoxy) is 1. The second-order valence-corrected chi connectivity index (χ2v) is 7.34. The van der Waals surface area contributed by atoms with E-state index in [9.17, 15) is 9.59 Å². The van der Waals surface area contributed by atoms with Gasteiger partial charge >= 0.3 is 5.97 Å². The molecule has 146 valence electrons. The topological polar surface area (TPSA) is 97.0 Å². The van der Waals surface area contributed by atoms with E-state index in [0.717, 1.165) is 16.7 Å². The Labute approximate surface area is 170 Å². The molecule has 1 amide bonds. The number of esters is 1. The fourth-order valence-electron chi connectivity index (χ4n) is 2.84. The quantitative estimate of drug-likeness (QED) is 0.485. The highest BCUT2D eigenvalue weighted by molar-refractivity contribution is 7.13. The summed E-state index contributed by atoms with van der Waals surface area (Å²) in [6, 6.07) is 14.6. The first-order valence-corrected chi connectivity index (χ1v) is 9.87. The third-order valence-corrected chi connectivity index (χ3v) is 5.17. The van der Waals surface area contributed by atoms with Crippen molar-refractivity contribution in [2.75, 3.05) is 5.32 Å². The van der Waals surface area contributed by atoms with Crippen LogP contribution in [0, 0.1) is 6.92 Å². The fourth-order valence-corrected chi connectivity index (χ4v) is 3.54. The molecule has 1 atom stereocenters. The number of thiazole rings is 1. The van der Waals surface area contributed by atoms with Crippen LogP contribution in [0.3, 0.4) is 0 Å². The standard InChI is InChI=1S/C21H18N4O3S/c1-12-11-29-21(22-12)25-19(26)13(2)28-20(27)15-8-4-3-7-14(15)18-23-16-9-5-6-10-17(16)24-18/h3-11,13H,1-2H3,(H,23,24)(H,22,25,26). The first-order valence-electron chi connectivity index (χ1n) is 8.99. The number of rotatable bonds is 5. The number of nitrogens with zero attached hydrogens (tertiary/aromatic N) is 2. The van der Waals surface area contributed by atoms with Crippen molar-refractivity contribution in [1.82, 2.24) is 15.0 Å². The predicted octanol–water partition coefficient (Wildman–Crippen LogP) is 4.18. The molecule has 4 rings (SSSR count). The number of para-hydroxylation sites is 2. The number of hydrogen-bond donors (Lipinski definition) is 2. The zero-order valence-corrected chi connectivity index (χ0v) is 16.6. The van der Waals surface area contributed by atoms with Gasteiger partial charge in [-0.05, 0) is 32.0 Å². The molecule has 0 aliphatic carbocycles. The number of aromatic amines is 1. The smallest absolute Gasteiger partial charge is 0.339 e. The Morgan fingerprint density at radius 2 is 1.86 bits per heavy atom. The molecule has 0 radical (unpaired) electrons. The fraction of sp³-hybridized carbons (Fsp3) is 0.143. The highest BCUT2D eigenvalue weighted by atomic mass is 32.1. The van der Waals surface area contributed by atoms with Gasteiger partial charge in [0.25, 0.3) is 5.91 Å². The Kier molecular flexibility index (Phi) is 5.09. The van der Waals surface area contributed by atoms with Crippen molar-refractivity contribution in [3.05, 3.63) is 65.2 Å². The van der Waals surface area contributed by atoms with Crippen LogP contribution >= 0.6 is 11.3 Å². The number of nitrogens with one attached hydrogen (secondary N) is 2. The molecule has 0 aliphatic heterocycles. The van der Waals surface area contributed by atoms with Crippen LogP contribution in [-0.4, -0.2) is 32.9 Å². The minimum atomic E-state index is -0.976. The Morgan fingerprint density at radius 1 is 1.10 bits per heavy atom. The predicted molar refractivity (Wildman–Crippen MR) is 112 cm³/mol. The van der Waals surface area contributed by atoms with Gasteiger partial charge in [0.2, 0.25) is 0 Å². The summed E-state index contributed by atoms with van der Waals surface area (Å²) in [5, 5.41) is 4.96. The summed E-state index contributed by atoms with van der Waals surface area (Å²) in [5.41, 5.74) is 3.43. The molecule has 0 saturated heterocycles. The maximum Gasteiger partial charge on any atom is 0.339 e. The number of H-pyrrole nitrogens is 1. The number of imidazole rings is 1. The van der Waals surface area contributed by atoms with Gasteiger partial charge in [-0.1, -0.05) is 30.3 Å². The highest BCUT2D eigenvalue weighted by Gasteiger charge is 2.22. The first-order chi connectivity index (χ1) is 14.0. The second kappa shape index (κ2) is 7.84. The lowest BCUT2D eigenvalue weighted by molar-refractivity contribution is -0.123. The summed E-state index contributed by atoms with van der Waals surface area (Å²) in [7, 11) is 0. The van der Waals surface area contributed by atoms with Crippen molar-refractivity contribution in [3.8, 4) is 11.4 Å². The largest absolute Gasteiger partial charge is 0.449 e. The average Bonchev–Trinajstić information content (AvgIpc) is 3.33. The van der Waals surface area contributed by atoms with Gasteiger partial charge in [0.1, 0.15) is 5.82 Å². The van der Waals surface area contributed by atoms with E-state index in [-0.39, 0.29) is 0 Å². The summed E-state index contributed by atoms with van der Waals surface area (Å²) in [4.78, 5) is 37.0. The van der Waals surface area contributed by atoms with Crippen molar-refractivity contribution in [3.63, 3.8) is 0 Å². The number of aryl methyl sites for hydroxylation is 1. The first kappa shape index (κ1) is 18.8. The van der Waals surface area contributed by atoms with Gasteiger partial charge in [-0.3, -0.25) is 10.1 Å². The molecule has 1 unspecified atom stereocenters. The molecule has 29 heavy (non-hydrogen) atoms. The van der Waals surface area contributed by atoms with E-state index in [1.807, 2.05) is 42.6 Å². The van der Waals surface area contributed by atoms with Crippen LogP contribution in [0.2, 0.25) is 0 Å². The van der Waals surface area contributed by atoms with Crippen molar-refractivity contribution in [2.24, 2.45) is 0 Å². The Bertz CT molecular complexity index is 1160. The molecule has 0 bridgehead atoms. The molecule has 0 spiro atoms. The Hall–Kier alpha value is -3.52. The Balaban J connectivity index is 1.53. The van der Waals surface area contributed by atoms with Crippen molar-refractivity contribution >= 4 is 39.4 Å². The van der Waals surface area contributed by atoms with Gasteiger partial charge in [0.15, 0.2) is 11.2 Å². The van der Waals surface area contributed by atoms with Crippen LogP contribution in [0.25, 0.3) is 22.4 Å². The summed E-state index contributed by atoms with van der Waals surface area (Å²) < 4.78 is 5.40. The monoisotopic (exact) mass is 406 g/mol. The van der Waals surface area contributed by atoms with E-state index >= 15 is 0 Å². The van der Waals surface area contributed by atoms with Crippen LogP contribution in [-0.2, 0) is 9.53 Å². The van der Waals surface area contributed by atoms with Crippen molar-refractivity contribution < 1.29 is 14.3 Å². The summed E-state index contributed by atoms with van der Waals surface area (Å²) >= 11 is 1.32. The van der Waals surface area contributed by atoms with Gasteiger partial charge in [0, 0.05) is 10.9 Å². The molecule has 8 heteroatoms. The Morgan fingerprint density at radius 3 is 2.62 bits per heavy atom. The molecular formula is C21H18N4O3S. The van der Waals surface area contributed by atoms with Crippen LogP contribution in [0.5, 0.6) is 0 Å². The van der Waals surface area contributed by atoms with Crippen LogP contribution in [0.15, 0.2) is 53.9 Å². The van der Waals surface area contributed by atoms with Crippen LogP contribution in [0.4, 0.5) is 5.13 Å². The number of amides is 1. The maximum atomic E-state index is 12.8. The lowest BCUT2D eigenvalue weighted by atomic mass is 10.1. The SMILES string of the molecule is Cc1csc(NC(=O)C(C)OC(=O)c2ccccc2-c2nc3ccccc3[nH]2)n1. The van der Waals surface area contributed by atoms with E-state index in [1.165, 1.54) is 18.3 Å². The third kappa shape index (κ3) is 4.02. The maximum absolute atomic E-state index is 12.8. The molecule has 2 heterocycles. The number of hydrogen-bond acceptors (Lipinski definition) is 6. The second-order valence-electron chi connectivity index (χ2n) is 6.48. The molecule has 0 fully saturated rings. The molecule has 0 saturated carbocycles. The summed E-state index contributed by atoms with van der Waals surface area (Å²) in [5.74, 6) is -0.470. The molecule has 2 aromatic carbocycles. The van der Waals surface area contributed by atoms with Crippen LogP contribution < -0.4 is 5.32 Å². The molecule has 7 nitrogen and oxygen atoms in total. The van der Waals surface area contributed by atoms with E-state index in [4.69, 9.17) is 4.74 Å². The minimum Gasteiger partial charge on any atom is -0.449 e. The minimum absolute atomic E-state index is 0.330. The van der Waals surface area contributed by atoms with Gasteiger partial charge in [-0.25, -0.2) is 14.8 Å². The number of anilines is 1. The molecule has 0 aliphatic rings. The number of fused-ring (bicyclic) bond motifs is 1. The van der Waals surface area contributed by atoms with Gasteiger partial charge in [0.05, 0.1) is 22.3 Å². The lowest BCUT2D eigenvalue weighted by Crippen LogP contribution is -2.30. The van der Waals surface area contributed by atoms with Gasteiger partial charge in [-0.15, -0.1) is 11.3 Å². The van der Waals surface area contributed by atoms with E-state index < -0.39 is 18.0 Å². The summed E-state index contributed by atoms with van der Waals surface area (Å²) in [6.07, 6.45) is -0.976. The zero-order chi connectivity index (χ0) is 20.4. The van der Waals surface area contributed by atoms with E-state index in [1.54, 1.807) is 18.2 Å². The highest BCUT2D eigenvalue weighted by Crippen LogP contribution is 2.25. The van der Waals surface area contributed by atoms with Crippen molar-refractivity contribution in [1.29, 1.82) is 0 Å². The lowest BCUT2D eigenvalue weighted by Gasteiger charge is -2.13. The normalized spacial score (nSPS) is 11.9.